The van der Waals surface area contributed by atoms with E-state index in [1.54, 1.807) is 0 Å². The summed E-state index contributed by atoms with van der Waals surface area (Å²) in [6.07, 6.45) is 0.781. The summed E-state index contributed by atoms with van der Waals surface area (Å²) < 4.78 is 3.62. The standard InChI is InChI=1S/C10H10BrN3S/c1-14-9(12-13-10(14)15)6-7-3-2-4-8(11)5-7/h2-5H,6H2,1H3,(H,13,15). The molecule has 0 bridgehead atoms. The molecule has 0 fully saturated rings. The Morgan fingerprint density at radius 1 is 1.53 bits per heavy atom. The van der Waals surface area contributed by atoms with Crippen molar-refractivity contribution < 1.29 is 0 Å². The number of nitrogens with zero attached hydrogens (tertiary/aromatic N) is 2. The molecule has 2 aromatic rings. The maximum Gasteiger partial charge on any atom is 0.194 e. The fourth-order valence-electron chi connectivity index (χ4n) is 1.37. The third-order valence-electron chi connectivity index (χ3n) is 2.22. The zero-order chi connectivity index (χ0) is 10.8. The summed E-state index contributed by atoms with van der Waals surface area (Å²) in [5, 5.41) is 6.95. The van der Waals surface area contributed by atoms with Crippen LogP contribution in [0.25, 0.3) is 0 Å². The lowest BCUT2D eigenvalue weighted by atomic mass is 10.1. The normalized spacial score (nSPS) is 10.5. The minimum atomic E-state index is 0.653. The largest absolute Gasteiger partial charge is 0.307 e. The average molecular weight is 284 g/mol. The summed E-state index contributed by atoms with van der Waals surface area (Å²) >= 11 is 8.50. The van der Waals surface area contributed by atoms with Gasteiger partial charge < -0.3 is 4.57 Å². The highest BCUT2D eigenvalue weighted by Crippen LogP contribution is 2.14. The molecule has 5 heteroatoms. The van der Waals surface area contributed by atoms with E-state index in [0.29, 0.717) is 4.77 Å². The summed E-state index contributed by atoms with van der Waals surface area (Å²) in [7, 11) is 1.92. The van der Waals surface area contributed by atoms with Crippen molar-refractivity contribution in [3.8, 4) is 0 Å². The number of nitrogens with one attached hydrogen (secondary N) is 1. The molecule has 1 N–H and O–H groups in total. The Balaban J connectivity index is 2.29. The third-order valence-corrected chi connectivity index (χ3v) is 3.08. The summed E-state index contributed by atoms with van der Waals surface area (Å²) in [6.45, 7) is 0. The smallest absolute Gasteiger partial charge is 0.194 e. The average Bonchev–Trinajstić information content (AvgIpc) is 2.50. The van der Waals surface area contributed by atoms with Gasteiger partial charge in [-0.1, -0.05) is 28.1 Å². The van der Waals surface area contributed by atoms with E-state index in [4.69, 9.17) is 12.2 Å². The number of aromatic nitrogens is 3. The van der Waals surface area contributed by atoms with Crippen molar-refractivity contribution in [3.05, 3.63) is 44.9 Å². The van der Waals surface area contributed by atoms with Crippen LogP contribution in [0.2, 0.25) is 0 Å². The Morgan fingerprint density at radius 3 is 2.93 bits per heavy atom. The molecule has 1 aromatic carbocycles. The number of benzene rings is 1. The van der Waals surface area contributed by atoms with Crippen molar-refractivity contribution in [2.24, 2.45) is 7.05 Å². The number of rotatable bonds is 2. The Labute approximate surface area is 101 Å². The van der Waals surface area contributed by atoms with Gasteiger partial charge in [-0.25, -0.2) is 0 Å². The predicted octanol–water partition coefficient (Wildman–Crippen LogP) is 2.83. The molecule has 0 unspecified atom stereocenters. The molecule has 0 spiro atoms. The predicted molar refractivity (Wildman–Crippen MR) is 65.3 cm³/mol. The number of hydrogen-bond acceptors (Lipinski definition) is 2. The number of H-pyrrole nitrogens is 1. The molecule has 1 aromatic heterocycles. The molecule has 0 aliphatic heterocycles. The van der Waals surface area contributed by atoms with Gasteiger partial charge in [-0.3, -0.25) is 5.10 Å². The van der Waals surface area contributed by atoms with Gasteiger partial charge in [-0.2, -0.15) is 5.10 Å². The van der Waals surface area contributed by atoms with Crippen LogP contribution in [0.5, 0.6) is 0 Å². The molecule has 0 atom stereocenters. The Kier molecular flexibility index (Phi) is 3.02. The van der Waals surface area contributed by atoms with Crippen molar-refractivity contribution in [3.63, 3.8) is 0 Å². The molecule has 0 aliphatic carbocycles. The van der Waals surface area contributed by atoms with Gasteiger partial charge in [0.15, 0.2) is 4.77 Å². The highest BCUT2D eigenvalue weighted by molar-refractivity contribution is 9.10. The molecule has 3 nitrogen and oxygen atoms in total. The van der Waals surface area contributed by atoms with Crippen LogP contribution in [0.1, 0.15) is 11.4 Å². The van der Waals surface area contributed by atoms with Crippen molar-refractivity contribution in [2.45, 2.75) is 6.42 Å². The zero-order valence-corrected chi connectivity index (χ0v) is 10.6. The highest BCUT2D eigenvalue weighted by Gasteiger charge is 2.03. The first kappa shape index (κ1) is 10.6. The first-order valence-corrected chi connectivity index (χ1v) is 5.71. The van der Waals surface area contributed by atoms with Crippen LogP contribution in [-0.4, -0.2) is 14.8 Å². The van der Waals surface area contributed by atoms with E-state index < -0.39 is 0 Å². The van der Waals surface area contributed by atoms with Crippen LogP contribution in [-0.2, 0) is 13.5 Å². The molecule has 0 saturated heterocycles. The van der Waals surface area contributed by atoms with Crippen LogP contribution >= 0.6 is 28.1 Å². The second kappa shape index (κ2) is 4.28. The zero-order valence-electron chi connectivity index (χ0n) is 8.20. The van der Waals surface area contributed by atoms with Gasteiger partial charge in [0.1, 0.15) is 5.82 Å². The minimum absolute atomic E-state index is 0.653. The second-order valence-corrected chi connectivity index (χ2v) is 4.61. The van der Waals surface area contributed by atoms with E-state index in [1.807, 2.05) is 23.7 Å². The van der Waals surface area contributed by atoms with Gasteiger partial charge in [0, 0.05) is 17.9 Å². The molecule has 1 heterocycles. The lowest BCUT2D eigenvalue weighted by Crippen LogP contribution is -1.99. The second-order valence-electron chi connectivity index (χ2n) is 3.31. The molecular formula is C10H10BrN3S. The molecule has 78 valence electrons. The van der Waals surface area contributed by atoms with Crippen molar-refractivity contribution in [1.29, 1.82) is 0 Å². The van der Waals surface area contributed by atoms with Crippen LogP contribution in [0.15, 0.2) is 28.7 Å². The molecular weight excluding hydrogens is 274 g/mol. The fraction of sp³-hybridized carbons (Fsp3) is 0.200. The molecule has 0 radical (unpaired) electrons. The first-order chi connectivity index (χ1) is 7.16. The number of hydrogen-bond donors (Lipinski definition) is 1. The summed E-state index contributed by atoms with van der Waals surface area (Å²) in [6, 6.07) is 8.17. The Hall–Kier alpha value is -0.940. The number of halogens is 1. The van der Waals surface area contributed by atoms with Crippen molar-refractivity contribution in [2.75, 3.05) is 0 Å². The highest BCUT2D eigenvalue weighted by atomic mass is 79.9. The van der Waals surface area contributed by atoms with Crippen LogP contribution < -0.4 is 0 Å². The molecule has 2 rings (SSSR count). The van der Waals surface area contributed by atoms with Gasteiger partial charge >= 0.3 is 0 Å². The maximum absolute atomic E-state index is 5.05. The van der Waals surface area contributed by atoms with E-state index in [-0.39, 0.29) is 0 Å². The lowest BCUT2D eigenvalue weighted by Gasteiger charge is -2.01. The maximum atomic E-state index is 5.05. The van der Waals surface area contributed by atoms with E-state index in [2.05, 4.69) is 38.3 Å². The molecule has 15 heavy (non-hydrogen) atoms. The summed E-state index contributed by atoms with van der Waals surface area (Å²) in [5.41, 5.74) is 1.21. The number of aromatic amines is 1. The van der Waals surface area contributed by atoms with Gasteiger partial charge in [0.25, 0.3) is 0 Å². The lowest BCUT2D eigenvalue weighted by molar-refractivity contribution is 0.813. The van der Waals surface area contributed by atoms with Crippen molar-refractivity contribution in [1.82, 2.24) is 14.8 Å². The van der Waals surface area contributed by atoms with Crippen LogP contribution in [0.4, 0.5) is 0 Å². The van der Waals surface area contributed by atoms with Gasteiger partial charge in [0.05, 0.1) is 0 Å². The summed E-state index contributed by atoms with van der Waals surface area (Å²) in [5.74, 6) is 0.943. The summed E-state index contributed by atoms with van der Waals surface area (Å²) in [4.78, 5) is 0. The van der Waals surface area contributed by atoms with Crippen molar-refractivity contribution >= 4 is 28.1 Å². The first-order valence-electron chi connectivity index (χ1n) is 4.51. The molecule has 0 saturated carbocycles. The quantitative estimate of drug-likeness (QED) is 0.860. The molecule has 0 aliphatic rings. The van der Waals surface area contributed by atoms with E-state index in [1.165, 1.54) is 5.56 Å². The van der Waals surface area contributed by atoms with E-state index >= 15 is 0 Å². The van der Waals surface area contributed by atoms with E-state index in [0.717, 1.165) is 16.7 Å². The Morgan fingerprint density at radius 2 is 2.33 bits per heavy atom. The van der Waals surface area contributed by atoms with Gasteiger partial charge in [-0.05, 0) is 29.9 Å². The van der Waals surface area contributed by atoms with Crippen LogP contribution in [0.3, 0.4) is 0 Å². The van der Waals surface area contributed by atoms with Gasteiger partial charge in [0.2, 0.25) is 0 Å². The Bertz CT molecular complexity index is 529. The third kappa shape index (κ3) is 2.35. The topological polar surface area (TPSA) is 33.6 Å². The SMILES string of the molecule is Cn1c(Cc2cccc(Br)c2)n[nH]c1=S. The minimum Gasteiger partial charge on any atom is -0.307 e. The van der Waals surface area contributed by atoms with Crippen LogP contribution in [0, 0.1) is 4.77 Å². The fourth-order valence-corrected chi connectivity index (χ4v) is 1.96. The van der Waals surface area contributed by atoms with Gasteiger partial charge in [-0.15, -0.1) is 0 Å². The van der Waals surface area contributed by atoms with E-state index in [9.17, 15) is 0 Å². The monoisotopic (exact) mass is 283 g/mol. The molecule has 0 amide bonds.